The van der Waals surface area contributed by atoms with E-state index in [1.54, 1.807) is 20.8 Å². The Balaban J connectivity index is 2.89. The smallest absolute Gasteiger partial charge is 0.408 e. The molecule has 1 aromatic rings. The second-order valence-corrected chi connectivity index (χ2v) is 8.09. The van der Waals surface area contributed by atoms with Gasteiger partial charge in [-0.05, 0) is 45.7 Å². The van der Waals surface area contributed by atoms with Crippen LogP contribution in [0.25, 0.3) is 0 Å². The molecule has 3 amide bonds. The molecular weight excluding hydrogens is 433 g/mol. The van der Waals surface area contributed by atoms with Gasteiger partial charge in [-0.15, -0.1) is 0 Å². The van der Waals surface area contributed by atoms with Crippen molar-refractivity contribution in [3.05, 3.63) is 29.6 Å². The molecule has 0 spiro atoms. The summed E-state index contributed by atoms with van der Waals surface area (Å²) < 4.78 is 24.5. The van der Waals surface area contributed by atoms with Gasteiger partial charge in [0, 0.05) is 19.3 Å². The Morgan fingerprint density at radius 1 is 1.18 bits per heavy atom. The molecule has 0 saturated heterocycles. The van der Waals surface area contributed by atoms with Gasteiger partial charge in [0.15, 0.2) is 5.82 Å². The second-order valence-electron chi connectivity index (χ2n) is 8.09. The predicted octanol–water partition coefficient (Wildman–Crippen LogP) is 2.62. The molecule has 33 heavy (non-hydrogen) atoms. The molecular formula is C23H30FN3O6. The monoisotopic (exact) mass is 463 g/mol. The number of nitrogens with one attached hydrogen (secondary N) is 2. The fourth-order valence-electron chi connectivity index (χ4n) is 2.53. The van der Waals surface area contributed by atoms with Gasteiger partial charge >= 0.3 is 12.1 Å². The third-order valence-corrected chi connectivity index (χ3v) is 4.08. The molecule has 1 unspecified atom stereocenters. The van der Waals surface area contributed by atoms with Crippen molar-refractivity contribution >= 4 is 29.6 Å². The molecule has 180 valence electrons. The van der Waals surface area contributed by atoms with Gasteiger partial charge in [0.2, 0.25) is 11.8 Å². The molecule has 0 bridgehead atoms. The van der Waals surface area contributed by atoms with Crippen LogP contribution in [0.1, 0.15) is 58.4 Å². The van der Waals surface area contributed by atoms with E-state index in [9.17, 15) is 23.6 Å². The van der Waals surface area contributed by atoms with Crippen LogP contribution in [0.2, 0.25) is 0 Å². The third kappa shape index (κ3) is 11.0. The van der Waals surface area contributed by atoms with Gasteiger partial charge in [0.25, 0.3) is 0 Å². The van der Waals surface area contributed by atoms with Crippen molar-refractivity contribution in [1.29, 1.82) is 0 Å². The summed E-state index contributed by atoms with van der Waals surface area (Å²) in [5.41, 5.74) is 4.26. The summed E-state index contributed by atoms with van der Waals surface area (Å²) in [6.07, 6.45) is -0.0920. The first-order valence-electron chi connectivity index (χ1n) is 10.4. The Labute approximate surface area is 192 Å². The van der Waals surface area contributed by atoms with Crippen molar-refractivity contribution in [2.24, 2.45) is 5.73 Å². The maximum atomic E-state index is 14.8. The summed E-state index contributed by atoms with van der Waals surface area (Å²) in [6, 6.07) is 3.12. The van der Waals surface area contributed by atoms with Crippen LogP contribution < -0.4 is 16.4 Å². The number of hydrogen-bond donors (Lipinski definition) is 3. The number of amides is 3. The number of nitrogens with two attached hydrogens (primary N) is 1. The number of primary amides is 1. The number of anilines is 1. The number of hydrogen-bond acceptors (Lipinski definition) is 6. The molecule has 0 saturated carbocycles. The van der Waals surface area contributed by atoms with E-state index in [4.69, 9.17) is 10.5 Å². The van der Waals surface area contributed by atoms with Crippen molar-refractivity contribution < 1.29 is 33.0 Å². The van der Waals surface area contributed by atoms with Crippen molar-refractivity contribution in [2.45, 2.75) is 64.5 Å². The van der Waals surface area contributed by atoms with Crippen LogP contribution in [0, 0.1) is 17.7 Å². The molecule has 0 aromatic heterocycles. The van der Waals surface area contributed by atoms with E-state index >= 15 is 0 Å². The highest BCUT2D eigenvalue weighted by molar-refractivity contribution is 5.97. The largest absolute Gasteiger partial charge is 0.469 e. The van der Waals surface area contributed by atoms with E-state index in [0.717, 1.165) is 0 Å². The summed E-state index contributed by atoms with van der Waals surface area (Å²) >= 11 is 0. The van der Waals surface area contributed by atoms with Crippen LogP contribution in [0.3, 0.4) is 0 Å². The number of carbonyl (C=O) groups excluding carboxylic acids is 4. The van der Waals surface area contributed by atoms with Crippen LogP contribution in [-0.2, 0) is 23.9 Å². The molecule has 1 aromatic carbocycles. The number of benzene rings is 1. The average Bonchev–Trinajstić information content (AvgIpc) is 2.71. The van der Waals surface area contributed by atoms with Crippen LogP contribution >= 0.6 is 0 Å². The van der Waals surface area contributed by atoms with Crippen LogP contribution in [0.5, 0.6) is 0 Å². The molecule has 0 radical (unpaired) electrons. The normalized spacial score (nSPS) is 11.4. The standard InChI is InChI=1S/C23H30FN3O6/c1-23(2,3)33-22(31)27-17(13-14-18(25)28)21(30)26-16-11-8-10-15(20(16)24)9-6-5-7-12-19(29)32-4/h8,10-11,17H,5,7,12-14H2,1-4H3,(H2,25,28)(H,26,30)(H,27,31). The lowest BCUT2D eigenvalue weighted by molar-refractivity contribution is -0.140. The molecule has 1 atom stereocenters. The van der Waals surface area contributed by atoms with Crippen molar-refractivity contribution in [3.8, 4) is 11.8 Å². The van der Waals surface area contributed by atoms with E-state index in [1.165, 1.54) is 25.3 Å². The van der Waals surface area contributed by atoms with Gasteiger partial charge < -0.3 is 25.8 Å². The molecule has 10 heteroatoms. The maximum absolute atomic E-state index is 14.8. The Morgan fingerprint density at radius 3 is 2.48 bits per heavy atom. The Kier molecular flexibility index (Phi) is 10.8. The first-order valence-corrected chi connectivity index (χ1v) is 10.4. The summed E-state index contributed by atoms with van der Waals surface area (Å²) in [5, 5.41) is 4.78. The number of ether oxygens (including phenoxy) is 2. The number of methoxy groups -OCH3 is 1. The summed E-state index contributed by atoms with van der Waals surface area (Å²) in [6.45, 7) is 4.97. The number of unbranched alkanes of at least 4 members (excludes halogenated alkanes) is 1. The van der Waals surface area contributed by atoms with E-state index in [1.807, 2.05) is 0 Å². The lowest BCUT2D eigenvalue weighted by Crippen LogP contribution is -2.46. The second kappa shape index (κ2) is 13.1. The Hall–Kier alpha value is -3.61. The Bertz CT molecular complexity index is 930. The topological polar surface area (TPSA) is 137 Å². The first-order chi connectivity index (χ1) is 15.4. The highest BCUT2D eigenvalue weighted by Gasteiger charge is 2.25. The molecule has 0 aliphatic heterocycles. The third-order valence-electron chi connectivity index (χ3n) is 4.08. The summed E-state index contributed by atoms with van der Waals surface area (Å²) in [7, 11) is 1.30. The molecule has 0 heterocycles. The van der Waals surface area contributed by atoms with Gasteiger partial charge in [-0.3, -0.25) is 14.4 Å². The van der Waals surface area contributed by atoms with E-state index in [-0.39, 0.29) is 36.5 Å². The molecule has 0 fully saturated rings. The van der Waals surface area contributed by atoms with Crippen LogP contribution in [0.4, 0.5) is 14.9 Å². The van der Waals surface area contributed by atoms with Crippen molar-refractivity contribution in [3.63, 3.8) is 0 Å². The molecule has 0 aliphatic rings. The highest BCUT2D eigenvalue weighted by atomic mass is 19.1. The quantitative estimate of drug-likeness (QED) is 0.293. The zero-order chi connectivity index (χ0) is 25.0. The number of halogens is 1. The minimum atomic E-state index is -1.18. The van der Waals surface area contributed by atoms with Gasteiger partial charge in [-0.2, -0.15) is 0 Å². The van der Waals surface area contributed by atoms with E-state index in [2.05, 4.69) is 27.2 Å². The molecule has 4 N–H and O–H groups in total. The summed E-state index contributed by atoms with van der Waals surface area (Å²) in [4.78, 5) is 47.0. The van der Waals surface area contributed by atoms with Crippen LogP contribution in [-0.4, -0.2) is 42.6 Å². The molecule has 0 aliphatic carbocycles. The number of rotatable bonds is 9. The van der Waals surface area contributed by atoms with Crippen molar-refractivity contribution in [2.75, 3.05) is 12.4 Å². The first kappa shape index (κ1) is 27.4. The highest BCUT2D eigenvalue weighted by Crippen LogP contribution is 2.18. The predicted molar refractivity (Wildman–Crippen MR) is 119 cm³/mol. The van der Waals surface area contributed by atoms with E-state index in [0.29, 0.717) is 12.8 Å². The zero-order valence-electron chi connectivity index (χ0n) is 19.2. The minimum Gasteiger partial charge on any atom is -0.469 e. The van der Waals surface area contributed by atoms with Gasteiger partial charge in [0.1, 0.15) is 11.6 Å². The fraction of sp³-hybridized carbons (Fsp3) is 0.478. The average molecular weight is 464 g/mol. The lowest BCUT2D eigenvalue weighted by atomic mass is 10.1. The number of carbonyl (C=O) groups is 4. The molecule has 9 nitrogen and oxygen atoms in total. The van der Waals surface area contributed by atoms with Crippen LogP contribution in [0.15, 0.2) is 18.2 Å². The number of alkyl carbamates (subject to hydrolysis) is 1. The summed E-state index contributed by atoms with van der Waals surface area (Å²) in [5.74, 6) is 2.93. The number of esters is 1. The van der Waals surface area contributed by atoms with E-state index < -0.39 is 35.4 Å². The van der Waals surface area contributed by atoms with Gasteiger partial charge in [0.05, 0.1) is 18.4 Å². The maximum Gasteiger partial charge on any atom is 0.408 e. The van der Waals surface area contributed by atoms with Gasteiger partial charge in [-0.1, -0.05) is 17.9 Å². The zero-order valence-corrected chi connectivity index (χ0v) is 19.2. The Morgan fingerprint density at radius 2 is 1.88 bits per heavy atom. The van der Waals surface area contributed by atoms with Crippen molar-refractivity contribution in [1.82, 2.24) is 5.32 Å². The SMILES string of the molecule is COC(=O)CCCC#Cc1cccc(NC(=O)C(CCC(N)=O)NC(=O)OC(C)(C)C)c1F. The minimum absolute atomic E-state index is 0.0552. The van der Waals surface area contributed by atoms with Gasteiger partial charge in [-0.25, -0.2) is 9.18 Å². The lowest BCUT2D eigenvalue weighted by Gasteiger charge is -2.23. The fourth-order valence-corrected chi connectivity index (χ4v) is 2.53. The molecule has 1 rings (SSSR count).